The average Bonchev–Trinajstić information content (AvgIpc) is 2.79. The molecule has 210 valence electrons. The number of rotatable bonds is 7. The van der Waals surface area contributed by atoms with Crippen LogP contribution >= 0.6 is 11.6 Å². The third-order valence-corrected chi connectivity index (χ3v) is 7.27. The van der Waals surface area contributed by atoms with E-state index in [4.69, 9.17) is 16.3 Å². The summed E-state index contributed by atoms with van der Waals surface area (Å²) in [6.45, 7) is 6.89. The normalized spacial score (nSPS) is 16.3. The highest BCUT2D eigenvalue weighted by molar-refractivity contribution is 7.89. The Balaban J connectivity index is 1.76. The summed E-state index contributed by atoms with van der Waals surface area (Å²) >= 11 is 5.79. The Hall–Kier alpha value is -2.61. The lowest BCUT2D eigenvalue weighted by Crippen LogP contribution is -2.51. The van der Waals surface area contributed by atoms with Crippen LogP contribution in [-0.2, 0) is 14.8 Å². The minimum atomic E-state index is -4.92. The van der Waals surface area contributed by atoms with Crippen molar-refractivity contribution in [1.82, 2.24) is 14.5 Å². The van der Waals surface area contributed by atoms with Crippen LogP contribution in [0.1, 0.15) is 32.4 Å². The number of carbonyl (C=O) groups excluding carboxylic acids is 1. The molecule has 1 saturated heterocycles. The Bertz CT molecular complexity index is 1230. The molecule has 1 fully saturated rings. The summed E-state index contributed by atoms with van der Waals surface area (Å²) in [5.74, 6) is -1.31. The molecule has 1 N–H and O–H groups in total. The lowest BCUT2D eigenvalue weighted by Gasteiger charge is -2.37. The van der Waals surface area contributed by atoms with Gasteiger partial charge >= 0.3 is 12.5 Å². The first-order valence-corrected chi connectivity index (χ1v) is 13.4. The molecule has 0 bridgehead atoms. The number of halogens is 5. The molecule has 1 atom stereocenters. The van der Waals surface area contributed by atoms with E-state index in [-0.39, 0.29) is 16.5 Å². The van der Waals surface area contributed by atoms with Crippen molar-refractivity contribution >= 4 is 27.7 Å². The molecule has 1 unspecified atom stereocenters. The predicted octanol–water partition coefficient (Wildman–Crippen LogP) is 4.95. The number of nitrogens with one attached hydrogen (secondary N) is 1. The highest BCUT2D eigenvalue weighted by atomic mass is 35.5. The van der Waals surface area contributed by atoms with Gasteiger partial charge in [0.25, 0.3) is 0 Å². The zero-order valence-corrected chi connectivity index (χ0v) is 22.5. The first kappa shape index (κ1) is 29.9. The number of piperazine rings is 1. The number of sulfonamides is 1. The Kier molecular flexibility index (Phi) is 9.17. The Labute approximate surface area is 223 Å². The molecular formula is C24H28ClF4N3O5S. The van der Waals surface area contributed by atoms with Gasteiger partial charge in [-0.2, -0.15) is 0 Å². The maximum absolute atomic E-state index is 14.2. The smallest absolute Gasteiger partial charge is 0.444 e. The monoisotopic (exact) mass is 581 g/mol. The second kappa shape index (κ2) is 11.6. The molecule has 0 aromatic heterocycles. The second-order valence-electron chi connectivity index (χ2n) is 9.63. The number of nitrogens with zero attached hydrogens (tertiary/aromatic N) is 2. The molecule has 0 radical (unpaired) electrons. The summed E-state index contributed by atoms with van der Waals surface area (Å²) in [4.78, 5) is 15.5. The molecule has 14 heteroatoms. The van der Waals surface area contributed by atoms with Crippen LogP contribution in [0.25, 0.3) is 0 Å². The van der Waals surface area contributed by atoms with Gasteiger partial charge in [0.15, 0.2) is 0 Å². The van der Waals surface area contributed by atoms with Gasteiger partial charge in [-0.05, 0) is 62.7 Å². The van der Waals surface area contributed by atoms with Crippen molar-refractivity contribution in [2.45, 2.75) is 43.7 Å². The quantitative estimate of drug-likeness (QED) is 0.466. The maximum atomic E-state index is 14.2. The maximum Gasteiger partial charge on any atom is 0.573 e. The van der Waals surface area contributed by atoms with Gasteiger partial charge in [-0.15, -0.1) is 13.2 Å². The third kappa shape index (κ3) is 8.72. The first-order valence-electron chi connectivity index (χ1n) is 11.6. The largest absolute Gasteiger partial charge is 0.573 e. The molecule has 8 nitrogen and oxygen atoms in total. The summed E-state index contributed by atoms with van der Waals surface area (Å²) < 4.78 is 89.4. The molecule has 1 aliphatic heterocycles. The topological polar surface area (TPSA) is 88.2 Å². The van der Waals surface area contributed by atoms with Gasteiger partial charge in [-0.1, -0.05) is 17.7 Å². The third-order valence-electron chi connectivity index (χ3n) is 5.48. The van der Waals surface area contributed by atoms with Crippen molar-refractivity contribution in [1.29, 1.82) is 0 Å². The van der Waals surface area contributed by atoms with E-state index >= 15 is 0 Å². The molecule has 1 amide bonds. The fourth-order valence-corrected chi connectivity index (χ4v) is 5.05. The lowest BCUT2D eigenvalue weighted by molar-refractivity contribution is -0.274. The number of hydrogen-bond acceptors (Lipinski definition) is 6. The van der Waals surface area contributed by atoms with Gasteiger partial charge in [-0.25, -0.2) is 22.3 Å². The molecule has 0 aliphatic carbocycles. The van der Waals surface area contributed by atoms with Gasteiger partial charge in [0.05, 0.1) is 16.0 Å². The van der Waals surface area contributed by atoms with Crippen molar-refractivity contribution in [2.24, 2.45) is 0 Å². The Morgan fingerprint density at radius 2 is 1.66 bits per heavy atom. The van der Waals surface area contributed by atoms with Crippen LogP contribution in [0.2, 0.25) is 5.02 Å². The Morgan fingerprint density at radius 1 is 1.05 bits per heavy atom. The van der Waals surface area contributed by atoms with Crippen LogP contribution in [-0.4, -0.2) is 69.0 Å². The number of carbonyl (C=O) groups is 1. The molecule has 38 heavy (non-hydrogen) atoms. The van der Waals surface area contributed by atoms with Gasteiger partial charge in [0, 0.05) is 32.7 Å². The van der Waals surface area contributed by atoms with Crippen molar-refractivity contribution in [2.75, 3.05) is 32.7 Å². The lowest BCUT2D eigenvalue weighted by atomic mass is 10.1. The number of amides is 1. The van der Waals surface area contributed by atoms with Crippen LogP contribution in [0.5, 0.6) is 5.75 Å². The fourth-order valence-electron chi connectivity index (χ4n) is 3.71. The minimum Gasteiger partial charge on any atom is -0.444 e. The van der Waals surface area contributed by atoms with E-state index in [1.54, 1.807) is 25.7 Å². The van der Waals surface area contributed by atoms with Crippen LogP contribution in [0.3, 0.4) is 0 Å². The molecule has 3 rings (SSSR count). The number of benzene rings is 2. The summed E-state index contributed by atoms with van der Waals surface area (Å²) in [6, 6.07) is 6.68. The zero-order chi connectivity index (χ0) is 28.3. The molecule has 2 aromatic carbocycles. The summed E-state index contributed by atoms with van der Waals surface area (Å²) in [6.07, 6.45) is -5.37. The van der Waals surface area contributed by atoms with Crippen molar-refractivity contribution in [3.05, 3.63) is 58.9 Å². The molecule has 0 saturated carbocycles. The van der Waals surface area contributed by atoms with E-state index in [2.05, 4.69) is 9.46 Å². The van der Waals surface area contributed by atoms with E-state index in [9.17, 15) is 30.8 Å². The summed E-state index contributed by atoms with van der Waals surface area (Å²) in [5, 5.41) is -0.137. The zero-order valence-electron chi connectivity index (χ0n) is 20.9. The summed E-state index contributed by atoms with van der Waals surface area (Å²) in [7, 11) is -4.24. The van der Waals surface area contributed by atoms with E-state index in [1.807, 2.05) is 4.90 Å². The highest BCUT2D eigenvalue weighted by Gasteiger charge is 2.32. The van der Waals surface area contributed by atoms with Gasteiger partial charge in [-0.3, -0.25) is 4.90 Å². The highest BCUT2D eigenvalue weighted by Crippen LogP contribution is 2.26. The standard InChI is InChI=1S/C24H28ClF4N3O5S/c1-23(2,3)37-22(33)32-12-10-31(11-13-32)15-21(16-4-9-19(25)20(26)14-16)30-38(34,35)18-7-5-17(6-8-18)36-24(27,28)29/h4-9,14,21,30H,10-13,15H2,1-3H3. The van der Waals surface area contributed by atoms with E-state index in [1.165, 1.54) is 12.1 Å². The SMILES string of the molecule is CC(C)(C)OC(=O)N1CCN(CC(NS(=O)(=O)c2ccc(OC(F)(F)F)cc2)c2ccc(Cl)c(F)c2)CC1. The van der Waals surface area contributed by atoms with E-state index in [0.717, 1.165) is 30.3 Å². The minimum absolute atomic E-state index is 0.123. The first-order chi connectivity index (χ1) is 17.5. The summed E-state index contributed by atoms with van der Waals surface area (Å²) in [5.41, 5.74) is -0.352. The van der Waals surface area contributed by atoms with Gasteiger partial charge in [0.1, 0.15) is 17.2 Å². The van der Waals surface area contributed by atoms with Gasteiger partial charge < -0.3 is 14.4 Å². The van der Waals surface area contributed by atoms with Crippen LogP contribution in [0, 0.1) is 5.82 Å². The van der Waals surface area contributed by atoms with Crippen LogP contribution in [0.4, 0.5) is 22.4 Å². The average molecular weight is 582 g/mol. The van der Waals surface area contributed by atoms with E-state index in [0.29, 0.717) is 31.7 Å². The van der Waals surface area contributed by atoms with Gasteiger partial charge in [0.2, 0.25) is 10.0 Å². The molecule has 0 spiro atoms. The Morgan fingerprint density at radius 3 is 2.18 bits per heavy atom. The molecular weight excluding hydrogens is 554 g/mol. The predicted molar refractivity (Wildman–Crippen MR) is 132 cm³/mol. The molecule has 1 aliphatic rings. The van der Waals surface area contributed by atoms with E-state index < -0.39 is 45.7 Å². The van der Waals surface area contributed by atoms with Crippen molar-refractivity contribution in [3.8, 4) is 5.75 Å². The van der Waals surface area contributed by atoms with Crippen molar-refractivity contribution in [3.63, 3.8) is 0 Å². The fraction of sp³-hybridized carbons (Fsp3) is 0.458. The molecule has 2 aromatic rings. The molecule has 1 heterocycles. The van der Waals surface area contributed by atoms with Crippen LogP contribution < -0.4 is 9.46 Å². The van der Waals surface area contributed by atoms with Crippen LogP contribution in [0.15, 0.2) is 47.4 Å². The number of ether oxygens (including phenoxy) is 2. The number of hydrogen-bond donors (Lipinski definition) is 1. The van der Waals surface area contributed by atoms with Crippen molar-refractivity contribution < 1.29 is 40.2 Å². The number of alkyl halides is 3. The second-order valence-corrected chi connectivity index (χ2v) is 11.8.